The lowest BCUT2D eigenvalue weighted by Crippen LogP contribution is -2.33. The van der Waals surface area contributed by atoms with E-state index in [0.29, 0.717) is 34.3 Å². The monoisotopic (exact) mass is 476 g/mol. The number of aliphatic hydroxyl groups excluding tert-OH is 1. The number of phenols is 1. The van der Waals surface area contributed by atoms with Crippen molar-refractivity contribution in [1.29, 1.82) is 0 Å². The van der Waals surface area contributed by atoms with Crippen molar-refractivity contribution in [2.24, 2.45) is 0 Å². The third kappa shape index (κ3) is 8.98. The van der Waals surface area contributed by atoms with Crippen molar-refractivity contribution in [1.82, 2.24) is 5.32 Å². The molecule has 0 aliphatic carbocycles. The Labute approximate surface area is 191 Å². The minimum absolute atomic E-state index is 0.154. The Bertz CT molecular complexity index is 780. The van der Waals surface area contributed by atoms with Gasteiger partial charge in [-0.15, -0.1) is 11.6 Å². The van der Waals surface area contributed by atoms with E-state index in [1.807, 2.05) is 13.8 Å². The summed E-state index contributed by atoms with van der Waals surface area (Å²) in [6.07, 6.45) is -0.0777. The van der Waals surface area contributed by atoms with E-state index < -0.39 is 12.1 Å². The Morgan fingerprint density at radius 2 is 1.67 bits per heavy atom. The lowest BCUT2D eigenvalue weighted by molar-refractivity contribution is -0.134. The van der Waals surface area contributed by atoms with Crippen LogP contribution in [0.4, 0.5) is 5.69 Å². The first kappa shape index (κ1) is 26.3. The van der Waals surface area contributed by atoms with Crippen LogP contribution >= 0.6 is 34.8 Å². The molecule has 0 aliphatic heterocycles. The van der Waals surface area contributed by atoms with Crippen LogP contribution in [-0.4, -0.2) is 46.3 Å². The van der Waals surface area contributed by atoms with E-state index in [9.17, 15) is 15.0 Å². The highest BCUT2D eigenvalue weighted by atomic mass is 35.5. The summed E-state index contributed by atoms with van der Waals surface area (Å²) in [5.74, 6) is -0.127. The largest absolute Gasteiger partial charge is 0.508 e. The molecule has 0 aliphatic rings. The van der Waals surface area contributed by atoms with Crippen LogP contribution in [0, 0.1) is 0 Å². The summed E-state index contributed by atoms with van der Waals surface area (Å²) < 4.78 is 0. The number of aliphatic hydroxyl groups is 1. The molecule has 0 radical (unpaired) electrons. The minimum atomic E-state index is -1.00. The predicted octanol–water partition coefficient (Wildman–Crippen LogP) is 4.69. The molecule has 166 valence electrons. The van der Waals surface area contributed by atoms with Gasteiger partial charge in [0.15, 0.2) is 0 Å². The Morgan fingerprint density at radius 3 is 2.17 bits per heavy atom. The molecule has 2 rings (SSSR count). The van der Waals surface area contributed by atoms with Crippen LogP contribution in [0.2, 0.25) is 10.0 Å². The van der Waals surface area contributed by atoms with E-state index in [0.717, 1.165) is 11.4 Å². The highest BCUT2D eigenvalue weighted by molar-refractivity contribution is 6.39. The van der Waals surface area contributed by atoms with Gasteiger partial charge >= 0.3 is 5.97 Å². The van der Waals surface area contributed by atoms with Crippen LogP contribution < -0.4 is 10.6 Å². The average molecular weight is 478 g/mol. The maximum Gasteiger partial charge on any atom is 0.322 e. The topological polar surface area (TPSA) is 102 Å². The molecular formula is C21H27Cl3N2O4. The Balaban J connectivity index is 0.00000141. The number of rotatable bonds is 9. The molecular weight excluding hydrogens is 451 g/mol. The SMILES string of the molecule is CCCl.C[C@H](NCCc1cc(Cl)c(NCC(=O)O)c(Cl)c1)[C@H](O)c1ccc(O)cc1. The number of carbonyl (C=O) groups is 1. The number of hydrogen-bond donors (Lipinski definition) is 5. The van der Waals surface area contributed by atoms with Crippen LogP contribution in [0.15, 0.2) is 36.4 Å². The molecule has 0 aromatic heterocycles. The van der Waals surface area contributed by atoms with Crippen molar-refractivity contribution in [3.8, 4) is 5.75 Å². The highest BCUT2D eigenvalue weighted by Crippen LogP contribution is 2.32. The number of aromatic hydroxyl groups is 1. The first-order chi connectivity index (χ1) is 14.2. The lowest BCUT2D eigenvalue weighted by atomic mass is 10.0. The third-order valence-corrected chi connectivity index (χ3v) is 4.70. The van der Waals surface area contributed by atoms with E-state index in [4.69, 9.17) is 39.9 Å². The van der Waals surface area contributed by atoms with Crippen molar-refractivity contribution >= 4 is 46.5 Å². The van der Waals surface area contributed by atoms with E-state index in [1.165, 1.54) is 12.1 Å². The summed E-state index contributed by atoms with van der Waals surface area (Å²) in [5, 5.41) is 35.1. The first-order valence-electron chi connectivity index (χ1n) is 9.39. The number of carboxylic acids is 1. The molecule has 0 fully saturated rings. The number of hydrogen-bond acceptors (Lipinski definition) is 5. The zero-order chi connectivity index (χ0) is 22.7. The molecule has 0 saturated carbocycles. The number of carboxylic acid groups (broad SMARTS) is 1. The van der Waals surface area contributed by atoms with Crippen LogP contribution in [0.25, 0.3) is 0 Å². The van der Waals surface area contributed by atoms with Crippen molar-refractivity contribution in [2.75, 3.05) is 24.3 Å². The van der Waals surface area contributed by atoms with Crippen molar-refractivity contribution < 1.29 is 20.1 Å². The van der Waals surface area contributed by atoms with E-state index in [2.05, 4.69) is 10.6 Å². The molecule has 5 N–H and O–H groups in total. The van der Waals surface area contributed by atoms with Crippen molar-refractivity contribution in [2.45, 2.75) is 32.4 Å². The Hall–Kier alpha value is -1.70. The zero-order valence-corrected chi connectivity index (χ0v) is 19.1. The normalized spacial score (nSPS) is 12.5. The fraction of sp³-hybridized carbons (Fsp3) is 0.381. The molecule has 2 aromatic carbocycles. The summed E-state index contributed by atoms with van der Waals surface area (Å²) >= 11 is 17.4. The van der Waals surface area contributed by atoms with Crippen LogP contribution in [0.5, 0.6) is 5.75 Å². The second kappa shape index (κ2) is 13.6. The van der Waals surface area contributed by atoms with Gasteiger partial charge < -0.3 is 26.0 Å². The fourth-order valence-electron chi connectivity index (χ4n) is 2.62. The van der Waals surface area contributed by atoms with E-state index >= 15 is 0 Å². The van der Waals surface area contributed by atoms with E-state index in [1.54, 1.807) is 24.3 Å². The standard InChI is InChI=1S/C19H22Cl2N2O4.C2H5Cl/c1-11(19(27)13-2-4-14(24)5-3-13)22-7-6-12-8-15(20)18(16(21)9-12)23-10-17(25)26;1-2-3/h2-5,8-9,11,19,22-24,27H,6-7,10H2,1H3,(H,25,26);2H2,1H3/t11-,19-;/m0./s1. The number of halogens is 3. The highest BCUT2D eigenvalue weighted by Gasteiger charge is 2.16. The van der Waals surface area contributed by atoms with Crippen LogP contribution in [0.3, 0.4) is 0 Å². The van der Waals surface area contributed by atoms with Gasteiger partial charge in [-0.05, 0) is 55.3 Å². The van der Waals surface area contributed by atoms with Crippen LogP contribution in [-0.2, 0) is 11.2 Å². The van der Waals surface area contributed by atoms with Crippen LogP contribution in [0.1, 0.15) is 31.1 Å². The molecule has 2 aromatic rings. The molecule has 0 heterocycles. The fourth-order valence-corrected chi connectivity index (χ4v) is 3.28. The molecule has 0 amide bonds. The molecule has 0 unspecified atom stereocenters. The van der Waals surface area contributed by atoms with Gasteiger partial charge in [-0.3, -0.25) is 4.79 Å². The first-order valence-corrected chi connectivity index (χ1v) is 10.7. The summed E-state index contributed by atoms with van der Waals surface area (Å²) in [6.45, 7) is 4.08. The quantitative estimate of drug-likeness (QED) is 0.336. The summed E-state index contributed by atoms with van der Waals surface area (Å²) in [7, 11) is 0. The molecule has 2 atom stereocenters. The number of phenolic OH excluding ortho intramolecular Hbond substituents is 1. The summed E-state index contributed by atoms with van der Waals surface area (Å²) in [4.78, 5) is 10.7. The van der Waals surface area contributed by atoms with Gasteiger partial charge in [0.25, 0.3) is 0 Å². The maximum absolute atomic E-state index is 10.7. The average Bonchev–Trinajstić information content (AvgIpc) is 2.67. The Kier molecular flexibility index (Phi) is 11.9. The van der Waals surface area contributed by atoms with Crippen molar-refractivity contribution in [3.63, 3.8) is 0 Å². The number of benzene rings is 2. The number of nitrogens with one attached hydrogen (secondary N) is 2. The van der Waals surface area contributed by atoms with E-state index in [-0.39, 0.29) is 18.3 Å². The number of aliphatic carboxylic acids is 1. The van der Waals surface area contributed by atoms with Gasteiger partial charge in [-0.25, -0.2) is 0 Å². The van der Waals surface area contributed by atoms with Gasteiger partial charge in [-0.2, -0.15) is 0 Å². The number of alkyl halides is 1. The summed E-state index contributed by atoms with van der Waals surface area (Å²) in [6, 6.07) is 9.71. The predicted molar refractivity (Wildman–Crippen MR) is 123 cm³/mol. The molecule has 0 spiro atoms. The van der Waals surface area contributed by atoms with Gasteiger partial charge in [0.1, 0.15) is 12.3 Å². The van der Waals surface area contributed by atoms with Gasteiger partial charge in [0.05, 0.1) is 21.8 Å². The van der Waals surface area contributed by atoms with Gasteiger partial charge in [-0.1, -0.05) is 42.3 Å². The molecule has 0 bridgehead atoms. The smallest absolute Gasteiger partial charge is 0.322 e. The minimum Gasteiger partial charge on any atom is -0.508 e. The number of anilines is 1. The molecule has 9 heteroatoms. The van der Waals surface area contributed by atoms with Crippen molar-refractivity contribution in [3.05, 3.63) is 57.6 Å². The molecule has 6 nitrogen and oxygen atoms in total. The maximum atomic E-state index is 10.7. The molecule has 30 heavy (non-hydrogen) atoms. The third-order valence-electron chi connectivity index (χ3n) is 4.11. The second-order valence-electron chi connectivity index (χ2n) is 6.48. The zero-order valence-electron chi connectivity index (χ0n) is 16.8. The lowest BCUT2D eigenvalue weighted by Gasteiger charge is -2.21. The second-order valence-corrected chi connectivity index (χ2v) is 7.83. The Morgan fingerprint density at radius 1 is 1.13 bits per heavy atom. The van der Waals surface area contributed by atoms with Gasteiger partial charge in [0.2, 0.25) is 0 Å². The van der Waals surface area contributed by atoms with Gasteiger partial charge in [0, 0.05) is 11.9 Å². The summed E-state index contributed by atoms with van der Waals surface area (Å²) in [5.41, 5.74) is 2.01. The molecule has 0 saturated heterocycles.